The number of carbonyl (C=O) groups is 1. The summed E-state index contributed by atoms with van der Waals surface area (Å²) in [6, 6.07) is 0. The van der Waals surface area contributed by atoms with Gasteiger partial charge in [0.05, 0.1) is 0 Å². The van der Waals surface area contributed by atoms with Gasteiger partial charge in [0.2, 0.25) is 0 Å². The molecule has 1 aliphatic heterocycles. The maximum atomic E-state index is 10.6. The average molecular weight is 170 g/mol. The van der Waals surface area contributed by atoms with Gasteiger partial charge in [-0.25, -0.2) is 4.79 Å². The summed E-state index contributed by atoms with van der Waals surface area (Å²) in [5, 5.41) is 19.0. The van der Waals surface area contributed by atoms with Crippen LogP contribution in [0.15, 0.2) is 17.1 Å². The number of hydrogen-bond acceptors (Lipinski definition) is 4. The molecule has 1 unspecified atom stereocenters. The first-order valence-corrected chi connectivity index (χ1v) is 3.15. The number of nitrogens with zero attached hydrogens (tertiary/aromatic N) is 2. The first-order valence-electron chi connectivity index (χ1n) is 3.15. The number of allylic oxidation sites excluding steroid dienone is 1. The van der Waals surface area contributed by atoms with E-state index in [4.69, 9.17) is 5.11 Å². The fourth-order valence-corrected chi connectivity index (χ4v) is 0.843. The molecule has 6 heteroatoms. The molecule has 6 nitrogen and oxygen atoms in total. The summed E-state index contributed by atoms with van der Waals surface area (Å²) in [5.41, 5.74) is -2.06. The zero-order chi connectivity index (χ0) is 9.19. The van der Waals surface area contributed by atoms with Gasteiger partial charge in [0.25, 0.3) is 0 Å². The summed E-state index contributed by atoms with van der Waals surface area (Å²) in [4.78, 5) is 23.7. The molecule has 0 saturated heterocycles. The van der Waals surface area contributed by atoms with Crippen molar-refractivity contribution in [3.63, 3.8) is 0 Å². The van der Waals surface area contributed by atoms with E-state index in [9.17, 15) is 14.9 Å². The molecule has 0 aromatic rings. The maximum absolute atomic E-state index is 10.6. The minimum absolute atomic E-state index is 0.341. The van der Waals surface area contributed by atoms with Gasteiger partial charge >= 0.3 is 11.5 Å². The molecule has 1 heterocycles. The van der Waals surface area contributed by atoms with Crippen molar-refractivity contribution < 1.29 is 14.8 Å². The van der Waals surface area contributed by atoms with E-state index in [-0.39, 0.29) is 6.54 Å². The predicted octanol–water partition coefficient (Wildman–Crippen LogP) is -0.273. The van der Waals surface area contributed by atoms with Crippen LogP contribution in [0.4, 0.5) is 0 Å². The van der Waals surface area contributed by atoms with E-state index in [2.05, 4.69) is 4.99 Å². The minimum atomic E-state index is -2.06. The fourth-order valence-electron chi connectivity index (χ4n) is 0.843. The number of aliphatic imine (C=N–C) groups is 1. The lowest BCUT2D eigenvalue weighted by Gasteiger charge is -2.16. The van der Waals surface area contributed by atoms with Gasteiger partial charge in [0.1, 0.15) is 6.54 Å². The zero-order valence-corrected chi connectivity index (χ0v) is 6.01. The lowest BCUT2D eigenvalue weighted by atomic mass is 9.99. The lowest BCUT2D eigenvalue weighted by Crippen LogP contribution is -2.48. The van der Waals surface area contributed by atoms with Crippen molar-refractivity contribution in [3.05, 3.63) is 22.3 Å². The third-order valence-corrected chi connectivity index (χ3v) is 1.59. The third kappa shape index (κ3) is 1.07. The molecular weight excluding hydrogens is 164 g/mol. The van der Waals surface area contributed by atoms with Gasteiger partial charge in [-0.1, -0.05) is 0 Å². The molecule has 0 fully saturated rings. The van der Waals surface area contributed by atoms with E-state index in [0.29, 0.717) is 0 Å². The molecule has 0 saturated carbocycles. The molecule has 0 spiro atoms. The number of dihydropyridines is 1. The Balaban J connectivity index is 3.04. The third-order valence-electron chi connectivity index (χ3n) is 1.59. The Hall–Kier alpha value is -1.72. The fraction of sp³-hybridized carbons (Fsp3) is 0.333. The molecule has 0 radical (unpaired) electrons. The second-order valence-electron chi connectivity index (χ2n) is 2.34. The summed E-state index contributed by atoms with van der Waals surface area (Å²) in [6.07, 6.45) is 3.63. The van der Waals surface area contributed by atoms with Crippen molar-refractivity contribution in [3.8, 4) is 0 Å². The summed E-state index contributed by atoms with van der Waals surface area (Å²) in [7, 11) is 0. The Kier molecular flexibility index (Phi) is 1.90. The standard InChI is InChI=1S/C6H6N2O4/c9-5(10)6(8(11)12)2-1-3-7-4-6/h1-3H,4H2,(H,9,10). The zero-order valence-electron chi connectivity index (χ0n) is 6.01. The first kappa shape index (κ1) is 8.38. The summed E-state index contributed by atoms with van der Waals surface area (Å²) in [5.74, 6) is -1.49. The number of hydrogen-bond donors (Lipinski definition) is 1. The highest BCUT2D eigenvalue weighted by Gasteiger charge is 2.49. The molecule has 0 amide bonds. The van der Waals surface area contributed by atoms with Gasteiger partial charge in [0.15, 0.2) is 0 Å². The van der Waals surface area contributed by atoms with Gasteiger partial charge in [-0.15, -0.1) is 0 Å². The Bertz CT molecular complexity index is 267. The SMILES string of the molecule is O=C(O)C1([N+](=O)[O-])C=CC=NC1. The number of carboxylic acids is 1. The first-order chi connectivity index (χ1) is 5.59. The van der Waals surface area contributed by atoms with Crippen LogP contribution in [-0.4, -0.2) is 34.3 Å². The highest BCUT2D eigenvalue weighted by molar-refractivity contribution is 5.84. The van der Waals surface area contributed by atoms with E-state index < -0.39 is 16.4 Å². The Morgan fingerprint density at radius 3 is 2.67 bits per heavy atom. The molecule has 12 heavy (non-hydrogen) atoms. The summed E-state index contributed by atoms with van der Waals surface area (Å²) in [6.45, 7) is -0.341. The van der Waals surface area contributed by atoms with Crippen LogP contribution in [-0.2, 0) is 4.79 Å². The smallest absolute Gasteiger partial charge is 0.388 e. The molecule has 1 rings (SSSR count). The van der Waals surface area contributed by atoms with Gasteiger partial charge < -0.3 is 5.11 Å². The molecule has 0 aliphatic carbocycles. The molecule has 0 aromatic carbocycles. The Morgan fingerprint density at radius 2 is 2.42 bits per heavy atom. The quantitative estimate of drug-likeness (QED) is 0.455. The summed E-state index contributed by atoms with van der Waals surface area (Å²) < 4.78 is 0. The molecular formula is C6H6N2O4. The normalized spacial score (nSPS) is 27.0. The number of rotatable bonds is 2. The highest BCUT2D eigenvalue weighted by atomic mass is 16.6. The Morgan fingerprint density at radius 1 is 1.75 bits per heavy atom. The van der Waals surface area contributed by atoms with Gasteiger partial charge in [-0.3, -0.25) is 15.1 Å². The topological polar surface area (TPSA) is 92.8 Å². The van der Waals surface area contributed by atoms with Crippen molar-refractivity contribution >= 4 is 12.2 Å². The van der Waals surface area contributed by atoms with Crippen LogP contribution < -0.4 is 0 Å². The van der Waals surface area contributed by atoms with Crippen molar-refractivity contribution in [2.75, 3.05) is 6.54 Å². The second-order valence-corrected chi connectivity index (χ2v) is 2.34. The van der Waals surface area contributed by atoms with Crippen LogP contribution in [0.25, 0.3) is 0 Å². The second kappa shape index (κ2) is 2.72. The van der Waals surface area contributed by atoms with Crippen molar-refractivity contribution in [1.29, 1.82) is 0 Å². The molecule has 1 N–H and O–H groups in total. The molecule has 1 aliphatic rings. The number of nitro groups is 1. The molecule has 64 valence electrons. The van der Waals surface area contributed by atoms with E-state index in [1.165, 1.54) is 12.3 Å². The van der Waals surface area contributed by atoms with E-state index >= 15 is 0 Å². The maximum Gasteiger partial charge on any atom is 0.388 e. The largest absolute Gasteiger partial charge is 0.476 e. The van der Waals surface area contributed by atoms with Crippen LogP contribution in [0.1, 0.15) is 0 Å². The Labute approximate surface area is 67.4 Å². The van der Waals surface area contributed by atoms with E-state index in [1.54, 1.807) is 0 Å². The number of carboxylic acid groups (broad SMARTS) is 1. The molecule has 1 atom stereocenters. The molecule has 0 bridgehead atoms. The lowest BCUT2D eigenvalue weighted by molar-refractivity contribution is -0.537. The predicted molar refractivity (Wildman–Crippen MR) is 39.9 cm³/mol. The number of aliphatic carboxylic acids is 1. The van der Waals surface area contributed by atoms with Crippen LogP contribution in [0.2, 0.25) is 0 Å². The monoisotopic (exact) mass is 170 g/mol. The minimum Gasteiger partial charge on any atom is -0.476 e. The van der Waals surface area contributed by atoms with Gasteiger partial charge in [-0.05, 0) is 6.08 Å². The van der Waals surface area contributed by atoms with E-state index in [1.807, 2.05) is 0 Å². The van der Waals surface area contributed by atoms with Crippen molar-refractivity contribution in [1.82, 2.24) is 0 Å². The van der Waals surface area contributed by atoms with Crippen LogP contribution in [0.5, 0.6) is 0 Å². The van der Waals surface area contributed by atoms with Crippen molar-refractivity contribution in [2.45, 2.75) is 5.54 Å². The average Bonchev–Trinajstić information content (AvgIpc) is 2.05. The van der Waals surface area contributed by atoms with Crippen LogP contribution >= 0.6 is 0 Å². The van der Waals surface area contributed by atoms with Gasteiger partial charge in [-0.2, -0.15) is 0 Å². The van der Waals surface area contributed by atoms with Crippen molar-refractivity contribution in [2.24, 2.45) is 4.99 Å². The molecule has 0 aromatic heterocycles. The summed E-state index contributed by atoms with van der Waals surface area (Å²) >= 11 is 0. The highest BCUT2D eigenvalue weighted by Crippen LogP contribution is 2.15. The van der Waals surface area contributed by atoms with Crippen LogP contribution in [0.3, 0.4) is 0 Å². The van der Waals surface area contributed by atoms with E-state index in [0.717, 1.165) is 6.08 Å². The van der Waals surface area contributed by atoms with Gasteiger partial charge in [0, 0.05) is 17.2 Å². The van der Waals surface area contributed by atoms with Crippen LogP contribution in [0, 0.1) is 10.1 Å².